The summed E-state index contributed by atoms with van der Waals surface area (Å²) >= 11 is 0. The lowest BCUT2D eigenvalue weighted by atomic mass is 10.1. The Morgan fingerprint density at radius 1 is 1.27 bits per heavy atom. The van der Waals surface area contributed by atoms with Crippen LogP contribution in [0, 0.1) is 5.82 Å². The van der Waals surface area contributed by atoms with Crippen molar-refractivity contribution in [2.24, 2.45) is 0 Å². The molecule has 1 aromatic carbocycles. The van der Waals surface area contributed by atoms with Gasteiger partial charge < -0.3 is 10.2 Å². The van der Waals surface area contributed by atoms with Gasteiger partial charge in [-0.15, -0.1) is 0 Å². The fourth-order valence-corrected chi connectivity index (χ4v) is 2.29. The Labute approximate surface area is 128 Å². The number of carbonyl (C=O) groups is 1. The van der Waals surface area contributed by atoms with E-state index >= 15 is 0 Å². The van der Waals surface area contributed by atoms with Crippen LogP contribution in [0.5, 0.6) is 0 Å². The highest BCUT2D eigenvalue weighted by Crippen LogP contribution is 2.18. The van der Waals surface area contributed by atoms with Crippen molar-refractivity contribution in [1.29, 1.82) is 0 Å². The van der Waals surface area contributed by atoms with Gasteiger partial charge in [-0.2, -0.15) is 0 Å². The van der Waals surface area contributed by atoms with Crippen LogP contribution in [0.15, 0.2) is 36.7 Å². The standard InChI is InChI=1S/C16H17FN4O/c1-11(16(22)21-7-2-8-21)19-15-10-18-9-14(20-15)12-3-5-13(17)6-4-12/h3-6,9-11H,2,7-8H2,1H3,(H,19,20)/t11-/m1/s1. The van der Waals surface area contributed by atoms with Crippen LogP contribution in [0.3, 0.4) is 0 Å². The van der Waals surface area contributed by atoms with E-state index in [4.69, 9.17) is 0 Å². The monoisotopic (exact) mass is 300 g/mol. The van der Waals surface area contributed by atoms with Crippen molar-refractivity contribution in [3.8, 4) is 11.3 Å². The van der Waals surface area contributed by atoms with Crippen LogP contribution in [-0.2, 0) is 4.79 Å². The molecule has 5 nitrogen and oxygen atoms in total. The Balaban J connectivity index is 1.73. The molecule has 1 aliphatic heterocycles. The molecule has 1 aromatic heterocycles. The molecular formula is C16H17FN4O. The Bertz CT molecular complexity index is 670. The molecule has 1 saturated heterocycles. The Morgan fingerprint density at radius 3 is 2.64 bits per heavy atom. The summed E-state index contributed by atoms with van der Waals surface area (Å²) in [5, 5.41) is 3.07. The summed E-state index contributed by atoms with van der Waals surface area (Å²) in [7, 11) is 0. The molecule has 0 saturated carbocycles. The zero-order valence-electron chi connectivity index (χ0n) is 12.3. The maximum absolute atomic E-state index is 13.0. The lowest BCUT2D eigenvalue weighted by molar-refractivity contribution is -0.135. The summed E-state index contributed by atoms with van der Waals surface area (Å²) in [6.45, 7) is 3.46. The number of carbonyl (C=O) groups excluding carboxylic acids is 1. The molecule has 1 N–H and O–H groups in total. The van der Waals surface area contributed by atoms with Gasteiger partial charge >= 0.3 is 0 Å². The van der Waals surface area contributed by atoms with Gasteiger partial charge in [-0.25, -0.2) is 9.37 Å². The summed E-state index contributed by atoms with van der Waals surface area (Å²) in [6.07, 6.45) is 4.26. The van der Waals surface area contributed by atoms with E-state index in [9.17, 15) is 9.18 Å². The first-order valence-electron chi connectivity index (χ1n) is 7.27. The molecule has 0 bridgehead atoms. The minimum Gasteiger partial charge on any atom is -0.357 e. The minimum absolute atomic E-state index is 0.0697. The summed E-state index contributed by atoms with van der Waals surface area (Å²) in [5.74, 6) is 0.309. The van der Waals surface area contributed by atoms with E-state index < -0.39 is 0 Å². The van der Waals surface area contributed by atoms with Gasteiger partial charge in [-0.1, -0.05) is 0 Å². The smallest absolute Gasteiger partial charge is 0.244 e. The van der Waals surface area contributed by atoms with Crippen molar-refractivity contribution in [2.45, 2.75) is 19.4 Å². The van der Waals surface area contributed by atoms with Crippen molar-refractivity contribution in [2.75, 3.05) is 18.4 Å². The predicted molar refractivity (Wildman–Crippen MR) is 81.7 cm³/mol. The number of likely N-dealkylation sites (tertiary alicyclic amines) is 1. The normalized spacial score (nSPS) is 15.1. The molecule has 0 aliphatic carbocycles. The molecule has 3 rings (SSSR count). The van der Waals surface area contributed by atoms with Gasteiger partial charge in [-0.3, -0.25) is 9.78 Å². The number of nitrogens with one attached hydrogen (secondary N) is 1. The topological polar surface area (TPSA) is 58.1 Å². The van der Waals surface area contributed by atoms with Crippen LogP contribution in [0.2, 0.25) is 0 Å². The van der Waals surface area contributed by atoms with Crippen LogP contribution in [0.1, 0.15) is 13.3 Å². The first-order chi connectivity index (χ1) is 10.6. The molecule has 1 amide bonds. The molecule has 1 fully saturated rings. The van der Waals surface area contributed by atoms with Crippen LogP contribution < -0.4 is 5.32 Å². The molecule has 2 aromatic rings. The van der Waals surface area contributed by atoms with Crippen molar-refractivity contribution in [1.82, 2.24) is 14.9 Å². The highest BCUT2D eigenvalue weighted by atomic mass is 19.1. The zero-order chi connectivity index (χ0) is 15.5. The second-order valence-corrected chi connectivity index (χ2v) is 5.34. The quantitative estimate of drug-likeness (QED) is 0.941. The minimum atomic E-state index is -0.349. The van der Waals surface area contributed by atoms with Gasteiger partial charge in [0, 0.05) is 18.7 Å². The van der Waals surface area contributed by atoms with Crippen LogP contribution in [0.25, 0.3) is 11.3 Å². The SMILES string of the molecule is C[C@@H](Nc1cncc(-c2ccc(F)cc2)n1)C(=O)N1CCC1. The van der Waals surface area contributed by atoms with Crippen molar-refractivity contribution in [3.63, 3.8) is 0 Å². The third kappa shape index (κ3) is 3.05. The van der Waals surface area contributed by atoms with Crippen LogP contribution >= 0.6 is 0 Å². The molecule has 0 unspecified atom stereocenters. The maximum atomic E-state index is 13.0. The third-order valence-corrected chi connectivity index (χ3v) is 3.68. The molecule has 1 atom stereocenters. The number of anilines is 1. The highest BCUT2D eigenvalue weighted by molar-refractivity contribution is 5.84. The zero-order valence-corrected chi connectivity index (χ0v) is 12.3. The number of amides is 1. The number of nitrogens with zero attached hydrogens (tertiary/aromatic N) is 3. The number of hydrogen-bond donors (Lipinski definition) is 1. The van der Waals surface area contributed by atoms with Gasteiger partial charge in [0.05, 0.1) is 18.1 Å². The van der Waals surface area contributed by atoms with E-state index in [1.807, 2.05) is 11.8 Å². The highest BCUT2D eigenvalue weighted by Gasteiger charge is 2.25. The van der Waals surface area contributed by atoms with Crippen LogP contribution in [0.4, 0.5) is 10.2 Å². The number of rotatable bonds is 4. The molecular weight excluding hydrogens is 283 g/mol. The third-order valence-electron chi connectivity index (χ3n) is 3.68. The molecule has 114 valence electrons. The largest absolute Gasteiger partial charge is 0.357 e. The first kappa shape index (κ1) is 14.4. The van der Waals surface area contributed by atoms with Crippen molar-refractivity contribution < 1.29 is 9.18 Å². The van der Waals surface area contributed by atoms with Gasteiger partial charge in [0.2, 0.25) is 5.91 Å². The van der Waals surface area contributed by atoms with E-state index in [-0.39, 0.29) is 17.8 Å². The lowest BCUT2D eigenvalue weighted by Gasteiger charge is -2.33. The maximum Gasteiger partial charge on any atom is 0.244 e. The van der Waals surface area contributed by atoms with Gasteiger partial charge in [0.1, 0.15) is 17.7 Å². The van der Waals surface area contributed by atoms with E-state index in [0.717, 1.165) is 25.1 Å². The lowest BCUT2D eigenvalue weighted by Crippen LogP contribution is -2.48. The summed E-state index contributed by atoms with van der Waals surface area (Å²) in [6, 6.07) is 5.72. The molecule has 1 aliphatic rings. The average Bonchev–Trinajstić information content (AvgIpc) is 2.46. The fourth-order valence-electron chi connectivity index (χ4n) is 2.29. The number of benzene rings is 1. The average molecular weight is 300 g/mol. The van der Waals surface area contributed by atoms with Crippen LogP contribution in [-0.4, -0.2) is 39.9 Å². The van der Waals surface area contributed by atoms with Gasteiger partial charge in [-0.05, 0) is 37.6 Å². The van der Waals surface area contributed by atoms with Gasteiger partial charge in [0.15, 0.2) is 0 Å². The van der Waals surface area contributed by atoms with E-state index in [2.05, 4.69) is 15.3 Å². The number of halogens is 1. The Hall–Kier alpha value is -2.50. The molecule has 2 heterocycles. The summed E-state index contributed by atoms with van der Waals surface area (Å²) in [5.41, 5.74) is 1.41. The van der Waals surface area contributed by atoms with E-state index in [1.165, 1.54) is 12.1 Å². The van der Waals surface area contributed by atoms with Gasteiger partial charge in [0.25, 0.3) is 0 Å². The Morgan fingerprint density at radius 2 is 2.00 bits per heavy atom. The fraction of sp³-hybridized carbons (Fsp3) is 0.312. The van der Waals surface area contributed by atoms with Crippen molar-refractivity contribution >= 4 is 11.7 Å². The molecule has 0 spiro atoms. The van der Waals surface area contributed by atoms with Crippen molar-refractivity contribution in [3.05, 3.63) is 42.5 Å². The second kappa shape index (κ2) is 6.09. The second-order valence-electron chi connectivity index (χ2n) is 5.34. The Kier molecular flexibility index (Phi) is 4.00. The predicted octanol–water partition coefficient (Wildman–Crippen LogP) is 2.32. The van der Waals surface area contributed by atoms with E-state index in [1.54, 1.807) is 24.5 Å². The number of aromatic nitrogens is 2. The molecule has 0 radical (unpaired) electrons. The van der Waals surface area contributed by atoms with E-state index in [0.29, 0.717) is 11.5 Å². The number of hydrogen-bond acceptors (Lipinski definition) is 4. The summed E-state index contributed by atoms with van der Waals surface area (Å²) < 4.78 is 13.0. The first-order valence-corrected chi connectivity index (χ1v) is 7.27. The summed E-state index contributed by atoms with van der Waals surface area (Å²) in [4.78, 5) is 22.5. The molecule has 22 heavy (non-hydrogen) atoms. The molecule has 6 heteroatoms.